The van der Waals surface area contributed by atoms with Gasteiger partial charge in [0.2, 0.25) is 5.91 Å². The van der Waals surface area contributed by atoms with Gasteiger partial charge in [-0.25, -0.2) is 0 Å². The van der Waals surface area contributed by atoms with Crippen molar-refractivity contribution in [3.05, 3.63) is 23.8 Å². The molecule has 0 saturated carbocycles. The second-order valence-corrected chi connectivity index (χ2v) is 8.31. The minimum Gasteiger partial charge on any atom is -0.489 e. The smallest absolute Gasteiger partial charge is 0.489 e. The van der Waals surface area contributed by atoms with Gasteiger partial charge in [0.15, 0.2) is 0 Å². The van der Waals surface area contributed by atoms with Crippen LogP contribution in [0.4, 0.5) is 0 Å². The van der Waals surface area contributed by atoms with E-state index < -0.39 is 24.9 Å². The summed E-state index contributed by atoms with van der Waals surface area (Å²) >= 11 is 0. The number of aliphatic hydroxyl groups is 1. The molecule has 8 heteroatoms. The summed E-state index contributed by atoms with van der Waals surface area (Å²) in [6.45, 7) is 8.57. The molecule has 2 saturated heterocycles. The molecule has 2 heterocycles. The Morgan fingerprint density at radius 1 is 1.29 bits per heavy atom. The molecular formula is C20H27BN2O5. The molecule has 1 N–H and O–H groups in total. The number of likely N-dealkylation sites (tertiary alicyclic amines) is 1. The first-order chi connectivity index (χ1) is 13.2. The lowest BCUT2D eigenvalue weighted by Gasteiger charge is -2.32. The topological polar surface area (TPSA) is 92.0 Å². The van der Waals surface area contributed by atoms with Gasteiger partial charge in [0, 0.05) is 25.9 Å². The van der Waals surface area contributed by atoms with Gasteiger partial charge in [0.05, 0.1) is 16.8 Å². The highest BCUT2D eigenvalue weighted by Gasteiger charge is 2.51. The van der Waals surface area contributed by atoms with Gasteiger partial charge in [0.25, 0.3) is 0 Å². The second-order valence-electron chi connectivity index (χ2n) is 8.31. The highest BCUT2D eigenvalue weighted by Crippen LogP contribution is 2.36. The van der Waals surface area contributed by atoms with Crippen molar-refractivity contribution in [1.82, 2.24) is 4.90 Å². The molecule has 0 unspecified atom stereocenters. The number of hydrogen-bond acceptors (Lipinski definition) is 6. The Labute approximate surface area is 166 Å². The fourth-order valence-electron chi connectivity index (χ4n) is 3.37. The third-order valence-electron chi connectivity index (χ3n) is 5.87. The van der Waals surface area contributed by atoms with Gasteiger partial charge in [0.1, 0.15) is 24.5 Å². The van der Waals surface area contributed by atoms with Crippen LogP contribution < -0.4 is 10.2 Å². The first kappa shape index (κ1) is 20.7. The number of carbonyl (C=O) groups is 1. The zero-order valence-corrected chi connectivity index (χ0v) is 16.9. The van der Waals surface area contributed by atoms with Crippen molar-refractivity contribution in [2.45, 2.75) is 57.8 Å². The van der Waals surface area contributed by atoms with Crippen LogP contribution in [0.15, 0.2) is 18.2 Å². The Balaban J connectivity index is 1.68. The molecule has 150 valence electrons. The molecule has 1 aromatic carbocycles. The van der Waals surface area contributed by atoms with Crippen LogP contribution in [0, 0.1) is 11.3 Å². The average Bonchev–Trinajstić information content (AvgIpc) is 2.89. The van der Waals surface area contributed by atoms with Gasteiger partial charge in [-0.15, -0.1) is 0 Å². The molecule has 3 rings (SSSR count). The van der Waals surface area contributed by atoms with Crippen molar-refractivity contribution >= 4 is 18.5 Å². The molecule has 2 aliphatic heterocycles. The monoisotopic (exact) mass is 386 g/mol. The standard InChI is InChI=1S/C20H27BN2O5/c1-19(2)20(3,4)28-21(27-19)15-5-6-17(14(11-15)12-22)26-16-7-9-23(10-8-16)18(25)13-24/h5-6,11,16,24H,7-10,13H2,1-4H3. The van der Waals surface area contributed by atoms with Crippen molar-refractivity contribution < 1.29 is 23.9 Å². The van der Waals surface area contributed by atoms with E-state index in [0.29, 0.717) is 37.2 Å². The molecule has 28 heavy (non-hydrogen) atoms. The van der Waals surface area contributed by atoms with Crippen LogP contribution in [0.25, 0.3) is 0 Å². The fraction of sp³-hybridized carbons (Fsp3) is 0.600. The lowest BCUT2D eigenvalue weighted by atomic mass is 9.78. The summed E-state index contributed by atoms with van der Waals surface area (Å²) in [7, 11) is -0.529. The van der Waals surface area contributed by atoms with E-state index in [-0.39, 0.29) is 12.0 Å². The molecule has 1 amide bonds. The van der Waals surface area contributed by atoms with Gasteiger partial charge >= 0.3 is 7.12 Å². The highest BCUT2D eigenvalue weighted by molar-refractivity contribution is 6.62. The zero-order valence-electron chi connectivity index (χ0n) is 16.9. The van der Waals surface area contributed by atoms with Crippen molar-refractivity contribution in [2.24, 2.45) is 0 Å². The number of aliphatic hydroxyl groups excluding tert-OH is 1. The van der Waals surface area contributed by atoms with E-state index in [2.05, 4.69) is 6.07 Å². The number of carbonyl (C=O) groups excluding carboxylic acids is 1. The first-order valence-electron chi connectivity index (χ1n) is 9.62. The lowest BCUT2D eigenvalue weighted by Crippen LogP contribution is -2.43. The minimum atomic E-state index is -0.529. The number of hydrogen-bond donors (Lipinski definition) is 1. The molecule has 0 spiro atoms. The van der Waals surface area contributed by atoms with E-state index in [0.717, 1.165) is 5.46 Å². The molecule has 2 aliphatic rings. The van der Waals surface area contributed by atoms with E-state index >= 15 is 0 Å². The van der Waals surface area contributed by atoms with Crippen LogP contribution in [0.5, 0.6) is 5.75 Å². The van der Waals surface area contributed by atoms with E-state index in [4.69, 9.17) is 19.2 Å². The van der Waals surface area contributed by atoms with Gasteiger partial charge in [-0.05, 0) is 45.3 Å². The minimum absolute atomic E-state index is 0.0717. The summed E-state index contributed by atoms with van der Waals surface area (Å²) in [6, 6.07) is 7.59. The molecule has 0 atom stereocenters. The van der Waals surface area contributed by atoms with Crippen LogP contribution in [-0.4, -0.2) is 60.0 Å². The van der Waals surface area contributed by atoms with Crippen molar-refractivity contribution in [3.63, 3.8) is 0 Å². The van der Waals surface area contributed by atoms with Crippen LogP contribution in [0.2, 0.25) is 0 Å². The Kier molecular flexibility index (Phi) is 5.71. The van der Waals surface area contributed by atoms with E-state index in [1.807, 2.05) is 33.8 Å². The highest BCUT2D eigenvalue weighted by atomic mass is 16.7. The molecule has 0 bridgehead atoms. The van der Waals surface area contributed by atoms with Crippen molar-refractivity contribution in [3.8, 4) is 11.8 Å². The van der Waals surface area contributed by atoms with Crippen LogP contribution in [0.3, 0.4) is 0 Å². The third-order valence-corrected chi connectivity index (χ3v) is 5.87. The Hall–Kier alpha value is -2.08. The number of benzene rings is 1. The van der Waals surface area contributed by atoms with Crippen LogP contribution in [-0.2, 0) is 14.1 Å². The maximum absolute atomic E-state index is 11.6. The maximum Gasteiger partial charge on any atom is 0.494 e. The van der Waals surface area contributed by atoms with Crippen LogP contribution >= 0.6 is 0 Å². The van der Waals surface area contributed by atoms with Crippen molar-refractivity contribution in [1.29, 1.82) is 5.26 Å². The fourth-order valence-corrected chi connectivity index (χ4v) is 3.37. The maximum atomic E-state index is 11.6. The number of piperidine rings is 1. The predicted molar refractivity (Wildman–Crippen MR) is 104 cm³/mol. The number of rotatable bonds is 4. The summed E-state index contributed by atoms with van der Waals surface area (Å²) in [4.78, 5) is 13.2. The van der Waals surface area contributed by atoms with Gasteiger partial charge in [-0.3, -0.25) is 4.79 Å². The normalized spacial score (nSPS) is 21.4. The number of nitriles is 1. The number of ether oxygens (including phenoxy) is 1. The summed E-state index contributed by atoms with van der Waals surface area (Å²) in [6.07, 6.45) is 1.25. The largest absolute Gasteiger partial charge is 0.494 e. The second kappa shape index (κ2) is 7.74. The van der Waals surface area contributed by atoms with Crippen molar-refractivity contribution in [2.75, 3.05) is 19.7 Å². The van der Waals surface area contributed by atoms with Gasteiger partial charge in [-0.1, -0.05) is 6.07 Å². The average molecular weight is 386 g/mol. The molecule has 7 nitrogen and oxygen atoms in total. The molecule has 0 aliphatic carbocycles. The van der Waals surface area contributed by atoms with E-state index in [1.165, 1.54) is 0 Å². The molecule has 1 aromatic rings. The molecule has 0 aromatic heterocycles. The van der Waals surface area contributed by atoms with Gasteiger partial charge < -0.3 is 24.1 Å². The molecule has 2 fully saturated rings. The number of nitrogens with zero attached hydrogens (tertiary/aromatic N) is 2. The Bertz CT molecular complexity index is 765. The summed E-state index contributed by atoms with van der Waals surface area (Å²) in [5, 5.41) is 18.5. The lowest BCUT2D eigenvalue weighted by molar-refractivity contribution is -0.135. The van der Waals surface area contributed by atoms with E-state index in [9.17, 15) is 10.1 Å². The summed E-state index contributed by atoms with van der Waals surface area (Å²) < 4.78 is 18.1. The first-order valence-corrected chi connectivity index (χ1v) is 9.62. The Morgan fingerprint density at radius 2 is 1.89 bits per heavy atom. The SMILES string of the molecule is CC1(C)OB(c2ccc(OC3CCN(C(=O)CO)CC3)c(C#N)c2)OC1(C)C. The van der Waals surface area contributed by atoms with E-state index in [1.54, 1.807) is 17.0 Å². The van der Waals surface area contributed by atoms with Gasteiger partial charge in [-0.2, -0.15) is 5.26 Å². The number of amides is 1. The van der Waals surface area contributed by atoms with Crippen LogP contribution in [0.1, 0.15) is 46.1 Å². The Morgan fingerprint density at radius 3 is 2.43 bits per heavy atom. The quantitative estimate of drug-likeness (QED) is 0.783. The molecular weight excluding hydrogens is 359 g/mol. The summed E-state index contributed by atoms with van der Waals surface area (Å²) in [5.74, 6) is 0.262. The predicted octanol–water partition coefficient (Wildman–Crippen LogP) is 1.22. The third kappa shape index (κ3) is 4.02. The molecule has 0 radical (unpaired) electrons. The summed E-state index contributed by atoms with van der Waals surface area (Å²) in [5.41, 5.74) is 0.325. The zero-order chi connectivity index (χ0) is 20.5.